The molecule has 0 spiro atoms. The summed E-state index contributed by atoms with van der Waals surface area (Å²) in [4.78, 5) is 0. The lowest BCUT2D eigenvalue weighted by Gasteiger charge is -2.31. The van der Waals surface area contributed by atoms with E-state index in [-0.39, 0.29) is 0 Å². The molecule has 2 saturated carbocycles. The molecule has 2 nitrogen and oxygen atoms in total. The van der Waals surface area contributed by atoms with Gasteiger partial charge in [0, 0.05) is 0 Å². The molecule has 0 aromatic heterocycles. The predicted molar refractivity (Wildman–Crippen MR) is 56.6 cm³/mol. The molecule has 0 N–H and O–H groups in total. The number of fused-ring (bicyclic) bond motifs is 2. The number of hydrogen-bond donors (Lipinski definition) is 0. The lowest BCUT2D eigenvalue weighted by Crippen LogP contribution is -2.29. The quantitative estimate of drug-likeness (QED) is 0.619. The Morgan fingerprint density at radius 3 is 2.67 bits per heavy atom. The van der Waals surface area contributed by atoms with E-state index >= 15 is 0 Å². The van der Waals surface area contributed by atoms with Crippen LogP contribution in [0, 0.1) is 11.8 Å². The molecule has 0 aromatic carbocycles. The molecule has 6 atom stereocenters. The predicted octanol–water partition coefficient (Wildman–Crippen LogP) is 2.51. The first-order chi connectivity index (χ1) is 7.24. The monoisotopic (exact) mass is 208 g/mol. The van der Waals surface area contributed by atoms with Gasteiger partial charge in [0.05, 0.1) is 23.9 Å². The second kappa shape index (κ2) is 2.78. The first-order valence-corrected chi connectivity index (χ1v) is 6.58. The largest absolute Gasteiger partial charge is 0.370 e. The van der Waals surface area contributed by atoms with Gasteiger partial charge in [0.2, 0.25) is 0 Å². The molecule has 6 unspecified atom stereocenters. The normalized spacial score (nSPS) is 61.8. The van der Waals surface area contributed by atoms with Gasteiger partial charge >= 0.3 is 0 Å². The zero-order chi connectivity index (χ0) is 10.0. The molecule has 4 aliphatic rings. The van der Waals surface area contributed by atoms with Crippen molar-refractivity contribution in [2.75, 3.05) is 0 Å². The summed E-state index contributed by atoms with van der Waals surface area (Å²) < 4.78 is 11.4. The Morgan fingerprint density at radius 2 is 1.87 bits per heavy atom. The maximum absolute atomic E-state index is 5.79. The van der Waals surface area contributed by atoms with Crippen LogP contribution in [0.15, 0.2) is 0 Å². The Bertz CT molecular complexity index is 290. The summed E-state index contributed by atoms with van der Waals surface area (Å²) in [7, 11) is 0. The van der Waals surface area contributed by atoms with Crippen molar-refractivity contribution in [2.45, 2.75) is 69.4 Å². The number of hydrogen-bond acceptors (Lipinski definition) is 2. The first-order valence-electron chi connectivity index (χ1n) is 6.58. The van der Waals surface area contributed by atoms with Crippen molar-refractivity contribution in [1.82, 2.24) is 0 Å². The average molecular weight is 208 g/mol. The number of ether oxygens (including phenoxy) is 2. The lowest BCUT2D eigenvalue weighted by atomic mass is 9.71. The smallest absolute Gasteiger partial charge is 0.0920 e. The zero-order valence-corrected chi connectivity index (χ0v) is 9.45. The van der Waals surface area contributed by atoms with Gasteiger partial charge in [-0.25, -0.2) is 0 Å². The van der Waals surface area contributed by atoms with Crippen molar-refractivity contribution >= 4 is 0 Å². The Balaban J connectivity index is 1.41. The molecule has 15 heavy (non-hydrogen) atoms. The van der Waals surface area contributed by atoms with Gasteiger partial charge in [-0.05, 0) is 57.3 Å². The van der Waals surface area contributed by atoms with Crippen molar-refractivity contribution < 1.29 is 9.47 Å². The number of epoxide rings is 2. The second-order valence-electron chi connectivity index (χ2n) is 6.24. The standard InChI is InChI=1S/C13H20O2/c1-13-5-4-9(7-12(13)15-13)8-2-3-10-11(6-8)14-10/h8-12H,2-7H2,1H3. The Hall–Kier alpha value is -0.0800. The van der Waals surface area contributed by atoms with Crippen molar-refractivity contribution in [1.29, 1.82) is 0 Å². The van der Waals surface area contributed by atoms with Crippen LogP contribution in [0.3, 0.4) is 0 Å². The number of rotatable bonds is 1. The highest BCUT2D eigenvalue weighted by Gasteiger charge is 2.57. The minimum atomic E-state index is 0.295. The van der Waals surface area contributed by atoms with E-state index in [0.29, 0.717) is 23.9 Å². The third-order valence-corrected chi connectivity index (χ3v) is 5.28. The summed E-state index contributed by atoms with van der Waals surface area (Å²) in [5, 5.41) is 0. The van der Waals surface area contributed by atoms with Gasteiger partial charge < -0.3 is 9.47 Å². The van der Waals surface area contributed by atoms with E-state index in [9.17, 15) is 0 Å². The van der Waals surface area contributed by atoms with Crippen LogP contribution in [0.5, 0.6) is 0 Å². The van der Waals surface area contributed by atoms with Crippen LogP contribution in [0.1, 0.15) is 45.4 Å². The molecule has 2 aliphatic carbocycles. The van der Waals surface area contributed by atoms with Gasteiger partial charge in [0.15, 0.2) is 0 Å². The fourth-order valence-electron chi connectivity index (χ4n) is 3.96. The van der Waals surface area contributed by atoms with Crippen molar-refractivity contribution in [3.05, 3.63) is 0 Å². The molecular formula is C13H20O2. The summed E-state index contributed by atoms with van der Waals surface area (Å²) in [5.41, 5.74) is 0.295. The highest BCUT2D eigenvalue weighted by atomic mass is 16.6. The van der Waals surface area contributed by atoms with Gasteiger partial charge in [-0.1, -0.05) is 0 Å². The van der Waals surface area contributed by atoms with Crippen LogP contribution >= 0.6 is 0 Å². The van der Waals surface area contributed by atoms with Crippen LogP contribution in [-0.2, 0) is 9.47 Å². The topological polar surface area (TPSA) is 25.1 Å². The van der Waals surface area contributed by atoms with E-state index in [2.05, 4.69) is 6.92 Å². The Kier molecular flexibility index (Phi) is 1.67. The summed E-state index contributed by atoms with van der Waals surface area (Å²) in [6, 6.07) is 0. The zero-order valence-electron chi connectivity index (χ0n) is 9.45. The maximum Gasteiger partial charge on any atom is 0.0920 e. The molecule has 0 radical (unpaired) electrons. The van der Waals surface area contributed by atoms with Crippen LogP contribution < -0.4 is 0 Å². The Labute approximate surface area is 91.3 Å². The third kappa shape index (κ3) is 1.38. The van der Waals surface area contributed by atoms with E-state index < -0.39 is 0 Å². The van der Waals surface area contributed by atoms with E-state index in [1.165, 1.54) is 38.5 Å². The molecule has 0 bridgehead atoms. The van der Waals surface area contributed by atoms with Crippen LogP contribution in [0.2, 0.25) is 0 Å². The molecule has 2 saturated heterocycles. The van der Waals surface area contributed by atoms with Crippen LogP contribution in [0.4, 0.5) is 0 Å². The minimum absolute atomic E-state index is 0.295. The molecular weight excluding hydrogens is 188 g/mol. The molecule has 4 fully saturated rings. The maximum atomic E-state index is 5.79. The van der Waals surface area contributed by atoms with Crippen molar-refractivity contribution in [3.63, 3.8) is 0 Å². The van der Waals surface area contributed by atoms with E-state index in [4.69, 9.17) is 9.47 Å². The molecule has 0 amide bonds. The second-order valence-corrected chi connectivity index (χ2v) is 6.24. The average Bonchev–Trinajstić information content (AvgIpc) is 3.08. The van der Waals surface area contributed by atoms with E-state index in [1.54, 1.807) is 0 Å². The van der Waals surface area contributed by atoms with Gasteiger partial charge in [0.25, 0.3) is 0 Å². The van der Waals surface area contributed by atoms with Crippen molar-refractivity contribution in [3.8, 4) is 0 Å². The summed E-state index contributed by atoms with van der Waals surface area (Å²) >= 11 is 0. The third-order valence-electron chi connectivity index (χ3n) is 5.28. The van der Waals surface area contributed by atoms with E-state index in [1.807, 2.05) is 0 Å². The first kappa shape index (κ1) is 9.00. The van der Waals surface area contributed by atoms with Gasteiger partial charge in [-0.15, -0.1) is 0 Å². The van der Waals surface area contributed by atoms with Crippen LogP contribution in [0.25, 0.3) is 0 Å². The molecule has 4 rings (SSSR count). The van der Waals surface area contributed by atoms with Gasteiger partial charge in [-0.2, -0.15) is 0 Å². The SMILES string of the molecule is CC12CCC(C3CCC4OC4C3)CC1O2. The summed E-state index contributed by atoms with van der Waals surface area (Å²) in [5.74, 6) is 1.89. The molecule has 2 aliphatic heterocycles. The Morgan fingerprint density at radius 1 is 1.00 bits per heavy atom. The molecule has 0 aromatic rings. The van der Waals surface area contributed by atoms with E-state index in [0.717, 1.165) is 11.8 Å². The molecule has 2 heterocycles. The fraction of sp³-hybridized carbons (Fsp3) is 1.00. The van der Waals surface area contributed by atoms with Gasteiger partial charge in [0.1, 0.15) is 0 Å². The highest BCUT2D eigenvalue weighted by molar-refractivity contribution is 5.05. The lowest BCUT2D eigenvalue weighted by molar-refractivity contribution is 0.208. The highest BCUT2D eigenvalue weighted by Crippen LogP contribution is 2.53. The van der Waals surface area contributed by atoms with Crippen LogP contribution in [-0.4, -0.2) is 23.9 Å². The fourth-order valence-corrected chi connectivity index (χ4v) is 3.96. The van der Waals surface area contributed by atoms with Crippen molar-refractivity contribution in [2.24, 2.45) is 11.8 Å². The summed E-state index contributed by atoms with van der Waals surface area (Å²) in [6.45, 7) is 2.29. The molecule has 2 heteroatoms. The summed E-state index contributed by atoms with van der Waals surface area (Å²) in [6.07, 6.45) is 10.0. The minimum Gasteiger partial charge on any atom is -0.370 e. The van der Waals surface area contributed by atoms with Gasteiger partial charge in [-0.3, -0.25) is 0 Å². The molecule has 84 valence electrons.